The zero-order valence-electron chi connectivity index (χ0n) is 6.18. The summed E-state index contributed by atoms with van der Waals surface area (Å²) in [6, 6.07) is 0. The van der Waals surface area contributed by atoms with Crippen molar-refractivity contribution in [3.63, 3.8) is 0 Å². The fourth-order valence-corrected chi connectivity index (χ4v) is 2.81. The molecule has 3 fully saturated rings. The van der Waals surface area contributed by atoms with Gasteiger partial charge in [-0.25, -0.2) is 0 Å². The molecule has 55 valence electrons. The van der Waals surface area contributed by atoms with Crippen LogP contribution >= 0.6 is 0 Å². The van der Waals surface area contributed by atoms with Gasteiger partial charge >= 0.3 is 0 Å². The van der Waals surface area contributed by atoms with Crippen LogP contribution in [0, 0.1) is 17.8 Å². The molecule has 0 N–H and O–H groups in total. The van der Waals surface area contributed by atoms with Crippen LogP contribution in [0.5, 0.6) is 0 Å². The lowest BCUT2D eigenvalue weighted by Gasteiger charge is -2.22. The molecule has 10 heavy (non-hydrogen) atoms. The Bertz CT molecular complexity index is 152. The topological polar surface area (TPSA) is 12.5 Å². The smallest absolute Gasteiger partial charge is 0.0868 e. The van der Waals surface area contributed by atoms with Crippen molar-refractivity contribution in [2.24, 2.45) is 11.3 Å². The van der Waals surface area contributed by atoms with Crippen molar-refractivity contribution in [1.29, 1.82) is 0 Å². The first-order chi connectivity index (χ1) is 4.89. The first-order valence-corrected chi connectivity index (χ1v) is 4.35. The Morgan fingerprint density at radius 3 is 2.80 bits per heavy atom. The van der Waals surface area contributed by atoms with Crippen LogP contribution in [-0.4, -0.2) is 12.7 Å². The molecule has 2 saturated carbocycles. The lowest BCUT2D eigenvalue weighted by molar-refractivity contribution is 0.250. The zero-order chi connectivity index (χ0) is 6.60. The molecule has 2 bridgehead atoms. The lowest BCUT2D eigenvalue weighted by atomic mass is 9.81. The highest BCUT2D eigenvalue weighted by Gasteiger charge is 2.54. The quantitative estimate of drug-likeness (QED) is 0.502. The molecule has 3 unspecified atom stereocenters. The summed E-state index contributed by atoms with van der Waals surface area (Å²) in [5.74, 6) is 1.03. The summed E-state index contributed by atoms with van der Waals surface area (Å²) in [7, 11) is 0. The van der Waals surface area contributed by atoms with Crippen molar-refractivity contribution in [3.05, 3.63) is 6.42 Å². The Morgan fingerprint density at radius 1 is 1.50 bits per heavy atom. The monoisotopic (exact) mass is 137 g/mol. The molecule has 0 spiro atoms. The molecule has 1 heterocycles. The number of fused-ring (bicyclic) bond motifs is 2. The molecule has 0 aromatic carbocycles. The molecule has 1 heteroatoms. The number of hydrogen-bond donors (Lipinski definition) is 0. The summed E-state index contributed by atoms with van der Waals surface area (Å²) < 4.78 is 5.38. The van der Waals surface area contributed by atoms with Gasteiger partial charge in [-0.3, -0.25) is 0 Å². The highest BCUT2D eigenvalue weighted by atomic mass is 16.6. The average Bonchev–Trinajstić information content (AvgIpc) is 2.66. The van der Waals surface area contributed by atoms with Gasteiger partial charge in [0.05, 0.1) is 12.7 Å². The largest absolute Gasteiger partial charge is 0.373 e. The minimum Gasteiger partial charge on any atom is -0.373 e. The van der Waals surface area contributed by atoms with Gasteiger partial charge < -0.3 is 4.74 Å². The summed E-state index contributed by atoms with van der Waals surface area (Å²) >= 11 is 0. The zero-order valence-corrected chi connectivity index (χ0v) is 6.18. The molecule has 3 rings (SSSR count). The molecule has 0 aromatic rings. The van der Waals surface area contributed by atoms with Crippen LogP contribution in [0.3, 0.4) is 0 Å². The first kappa shape index (κ1) is 5.59. The van der Waals surface area contributed by atoms with Crippen molar-refractivity contribution in [1.82, 2.24) is 0 Å². The van der Waals surface area contributed by atoms with Gasteiger partial charge in [-0.1, -0.05) is 0 Å². The molecular weight excluding hydrogens is 124 g/mol. The predicted molar refractivity (Wildman–Crippen MR) is 38.4 cm³/mol. The Labute approximate surface area is 61.8 Å². The molecule has 0 aromatic heterocycles. The van der Waals surface area contributed by atoms with Gasteiger partial charge in [0.25, 0.3) is 0 Å². The van der Waals surface area contributed by atoms with Crippen LogP contribution in [0.2, 0.25) is 0 Å². The maximum atomic E-state index is 5.38. The fraction of sp³-hybridized carbons (Fsp3) is 0.889. The molecule has 3 atom stereocenters. The Balaban J connectivity index is 1.89. The van der Waals surface area contributed by atoms with Crippen LogP contribution < -0.4 is 0 Å². The number of ether oxygens (including phenoxy) is 1. The van der Waals surface area contributed by atoms with E-state index < -0.39 is 0 Å². The Kier molecular flexibility index (Phi) is 0.883. The summed E-state index contributed by atoms with van der Waals surface area (Å²) in [4.78, 5) is 0. The van der Waals surface area contributed by atoms with E-state index in [1.165, 1.54) is 25.7 Å². The van der Waals surface area contributed by atoms with E-state index in [0.29, 0.717) is 11.5 Å². The number of epoxide rings is 1. The van der Waals surface area contributed by atoms with E-state index in [0.717, 1.165) is 12.5 Å². The fourth-order valence-electron chi connectivity index (χ4n) is 2.81. The summed E-state index contributed by atoms with van der Waals surface area (Å²) in [5, 5.41) is 0. The van der Waals surface area contributed by atoms with Crippen LogP contribution in [0.1, 0.15) is 25.7 Å². The minimum atomic E-state index is 0.574. The van der Waals surface area contributed by atoms with E-state index in [-0.39, 0.29) is 0 Å². The van der Waals surface area contributed by atoms with Crippen LogP contribution in [0.15, 0.2) is 0 Å². The predicted octanol–water partition coefficient (Wildman–Crippen LogP) is 1.78. The Morgan fingerprint density at radius 2 is 2.40 bits per heavy atom. The van der Waals surface area contributed by atoms with Crippen molar-refractivity contribution in [3.8, 4) is 0 Å². The molecule has 2 aliphatic carbocycles. The van der Waals surface area contributed by atoms with E-state index in [9.17, 15) is 0 Å². The van der Waals surface area contributed by atoms with Gasteiger partial charge in [0.2, 0.25) is 0 Å². The van der Waals surface area contributed by atoms with E-state index in [2.05, 4.69) is 6.42 Å². The van der Waals surface area contributed by atoms with E-state index in [1.54, 1.807) is 0 Å². The highest BCUT2D eigenvalue weighted by Crippen LogP contribution is 2.58. The minimum absolute atomic E-state index is 0.574. The van der Waals surface area contributed by atoms with Gasteiger partial charge in [0.15, 0.2) is 0 Å². The van der Waals surface area contributed by atoms with Crippen LogP contribution in [0.4, 0.5) is 0 Å². The normalized spacial score (nSPS) is 57.6. The SMILES string of the molecule is [CH]1CC2CCC1(C1CO1)C2. The maximum Gasteiger partial charge on any atom is 0.0868 e. The molecule has 3 aliphatic rings. The van der Waals surface area contributed by atoms with Gasteiger partial charge in [-0.15, -0.1) is 0 Å². The second-order valence-electron chi connectivity index (χ2n) is 4.10. The third kappa shape index (κ3) is 0.572. The molecular formula is C9H13O. The third-order valence-electron chi connectivity index (χ3n) is 3.52. The van der Waals surface area contributed by atoms with Gasteiger partial charge in [-0.2, -0.15) is 0 Å². The molecule has 0 amide bonds. The van der Waals surface area contributed by atoms with Crippen molar-refractivity contribution in [2.45, 2.75) is 31.8 Å². The highest BCUT2D eigenvalue weighted by molar-refractivity contribution is 5.12. The second-order valence-corrected chi connectivity index (χ2v) is 4.10. The van der Waals surface area contributed by atoms with Crippen LogP contribution in [-0.2, 0) is 4.74 Å². The van der Waals surface area contributed by atoms with Gasteiger partial charge in [0, 0.05) is 5.41 Å². The van der Waals surface area contributed by atoms with E-state index in [4.69, 9.17) is 4.74 Å². The van der Waals surface area contributed by atoms with Crippen molar-refractivity contribution < 1.29 is 4.74 Å². The maximum absolute atomic E-state index is 5.38. The first-order valence-electron chi connectivity index (χ1n) is 4.35. The van der Waals surface area contributed by atoms with E-state index in [1.807, 2.05) is 0 Å². The second kappa shape index (κ2) is 1.58. The summed E-state index contributed by atoms with van der Waals surface area (Å²) in [6.45, 7) is 1.04. The third-order valence-corrected chi connectivity index (χ3v) is 3.52. The Hall–Kier alpha value is -0.0400. The van der Waals surface area contributed by atoms with Crippen LogP contribution in [0.25, 0.3) is 0 Å². The standard InChI is InChI=1S/C9H13O/c1-3-9(8-6-10-8)4-2-7(1)5-9/h3,7-8H,1-2,4-6H2. The number of rotatable bonds is 1. The molecule has 1 aliphatic heterocycles. The van der Waals surface area contributed by atoms with Crippen molar-refractivity contribution >= 4 is 0 Å². The molecule has 1 saturated heterocycles. The molecule has 1 radical (unpaired) electrons. The van der Waals surface area contributed by atoms with E-state index >= 15 is 0 Å². The van der Waals surface area contributed by atoms with Gasteiger partial charge in [0.1, 0.15) is 0 Å². The van der Waals surface area contributed by atoms with Gasteiger partial charge in [-0.05, 0) is 38.0 Å². The lowest BCUT2D eigenvalue weighted by Crippen LogP contribution is -2.21. The van der Waals surface area contributed by atoms with Crippen molar-refractivity contribution in [2.75, 3.05) is 6.61 Å². The average molecular weight is 137 g/mol. The molecule has 1 nitrogen and oxygen atoms in total. The summed E-state index contributed by atoms with van der Waals surface area (Å²) in [5.41, 5.74) is 0.574. The number of hydrogen-bond acceptors (Lipinski definition) is 1. The summed E-state index contributed by atoms with van der Waals surface area (Å²) in [6.07, 6.45) is 8.88.